The average Bonchev–Trinajstić information content (AvgIpc) is 3.01. The maximum atomic E-state index is 13.1. The molecule has 0 spiro atoms. The van der Waals surface area contributed by atoms with Crippen molar-refractivity contribution in [2.24, 2.45) is 5.92 Å². The summed E-state index contributed by atoms with van der Waals surface area (Å²) >= 11 is 11.7. The third kappa shape index (κ3) is 2.88. The van der Waals surface area contributed by atoms with Gasteiger partial charge < -0.3 is 0 Å². The first-order chi connectivity index (χ1) is 7.99. The van der Waals surface area contributed by atoms with E-state index in [0.29, 0.717) is 10.0 Å². The molecule has 1 nitrogen and oxygen atoms in total. The predicted octanol–water partition coefficient (Wildman–Crippen LogP) is 4.54. The molecule has 1 fully saturated rings. The van der Waals surface area contributed by atoms with Gasteiger partial charge in [0.25, 0.3) is 0 Å². The highest BCUT2D eigenvalue weighted by molar-refractivity contribution is 6.42. The second-order valence-corrected chi connectivity index (χ2v) is 5.06. The zero-order valence-electron chi connectivity index (χ0n) is 9.21. The first kappa shape index (κ1) is 12.6. The van der Waals surface area contributed by atoms with Crippen molar-refractivity contribution in [1.82, 2.24) is 0 Å². The van der Waals surface area contributed by atoms with Crippen LogP contribution in [0.5, 0.6) is 0 Å². The molecule has 90 valence electrons. The summed E-state index contributed by atoms with van der Waals surface area (Å²) in [5, 5.41) is 1.02. The minimum atomic E-state index is -0.655. The van der Waals surface area contributed by atoms with Crippen LogP contribution in [0, 0.1) is 5.92 Å². The molecule has 0 aromatic heterocycles. The molecule has 0 saturated heterocycles. The minimum absolute atomic E-state index is 0.0937. The number of Topliss-reactive ketones (excluding diaryl/α,β-unsaturated/α-hetero) is 1. The second kappa shape index (κ2) is 4.79. The van der Waals surface area contributed by atoms with Gasteiger partial charge in [0.2, 0.25) is 0 Å². The van der Waals surface area contributed by atoms with Gasteiger partial charge in [-0.25, -0.2) is 4.39 Å². The maximum absolute atomic E-state index is 13.1. The molecular formula is C13H11Cl2FO. The Hall–Kier alpha value is -0.860. The zero-order chi connectivity index (χ0) is 12.6. The number of carbonyl (C=O) groups is 1. The third-order valence-corrected chi connectivity index (χ3v) is 3.65. The quantitative estimate of drug-likeness (QED) is 0.739. The van der Waals surface area contributed by atoms with E-state index in [-0.39, 0.29) is 11.8 Å². The third-order valence-electron chi connectivity index (χ3n) is 2.91. The fourth-order valence-corrected chi connectivity index (χ4v) is 2.14. The van der Waals surface area contributed by atoms with Crippen molar-refractivity contribution in [3.8, 4) is 0 Å². The lowest BCUT2D eigenvalue weighted by Crippen LogP contribution is -1.91. The number of benzene rings is 1. The average molecular weight is 273 g/mol. The molecule has 2 unspecified atom stereocenters. The number of rotatable bonds is 3. The second-order valence-electron chi connectivity index (χ2n) is 4.25. The Kier molecular flexibility index (Phi) is 3.55. The molecule has 0 radical (unpaired) electrons. The van der Waals surface area contributed by atoms with Gasteiger partial charge in [-0.05, 0) is 42.0 Å². The van der Waals surface area contributed by atoms with Gasteiger partial charge >= 0.3 is 0 Å². The van der Waals surface area contributed by atoms with E-state index in [1.165, 1.54) is 13.0 Å². The molecule has 1 aliphatic carbocycles. The summed E-state index contributed by atoms with van der Waals surface area (Å²) in [5.74, 6) is -0.839. The van der Waals surface area contributed by atoms with Crippen molar-refractivity contribution >= 4 is 29.0 Å². The molecule has 2 atom stereocenters. The fraction of sp³-hybridized carbons (Fsp3) is 0.308. The summed E-state index contributed by atoms with van der Waals surface area (Å²) < 4.78 is 13.1. The number of hydrogen-bond donors (Lipinski definition) is 0. The Morgan fingerprint density at radius 3 is 2.71 bits per heavy atom. The predicted molar refractivity (Wildman–Crippen MR) is 67.2 cm³/mol. The smallest absolute Gasteiger partial charge is 0.187 e. The first-order valence-corrected chi connectivity index (χ1v) is 6.08. The van der Waals surface area contributed by atoms with Crippen LogP contribution < -0.4 is 0 Å². The van der Waals surface area contributed by atoms with Gasteiger partial charge in [0, 0.05) is 6.92 Å². The molecule has 0 aliphatic heterocycles. The molecule has 0 bridgehead atoms. The van der Waals surface area contributed by atoms with Crippen LogP contribution in [-0.2, 0) is 4.79 Å². The van der Waals surface area contributed by atoms with Crippen LogP contribution in [0.3, 0.4) is 0 Å². The zero-order valence-corrected chi connectivity index (χ0v) is 10.7. The maximum Gasteiger partial charge on any atom is 0.187 e. The lowest BCUT2D eigenvalue weighted by atomic mass is 10.1. The fourth-order valence-electron chi connectivity index (χ4n) is 1.83. The Balaban J connectivity index is 2.10. The largest absolute Gasteiger partial charge is 0.292 e. The van der Waals surface area contributed by atoms with E-state index in [1.54, 1.807) is 12.1 Å². The highest BCUT2D eigenvalue weighted by atomic mass is 35.5. The molecule has 0 heterocycles. The lowest BCUT2D eigenvalue weighted by molar-refractivity contribution is -0.114. The number of ketones is 1. The Morgan fingerprint density at radius 2 is 2.12 bits per heavy atom. The number of hydrogen-bond acceptors (Lipinski definition) is 1. The van der Waals surface area contributed by atoms with E-state index in [9.17, 15) is 9.18 Å². The van der Waals surface area contributed by atoms with Crippen LogP contribution in [0.15, 0.2) is 30.1 Å². The van der Waals surface area contributed by atoms with Gasteiger partial charge in [0.1, 0.15) is 0 Å². The van der Waals surface area contributed by atoms with Gasteiger partial charge in [0.05, 0.1) is 10.0 Å². The molecule has 2 rings (SSSR count). The van der Waals surface area contributed by atoms with Crippen LogP contribution in [-0.4, -0.2) is 5.78 Å². The van der Waals surface area contributed by atoms with Gasteiger partial charge in [-0.15, -0.1) is 0 Å². The molecule has 1 aromatic rings. The summed E-state index contributed by atoms with van der Waals surface area (Å²) in [4.78, 5) is 10.8. The topological polar surface area (TPSA) is 17.1 Å². The molecule has 17 heavy (non-hydrogen) atoms. The van der Waals surface area contributed by atoms with E-state index in [4.69, 9.17) is 23.2 Å². The van der Waals surface area contributed by atoms with Gasteiger partial charge in [0.15, 0.2) is 11.6 Å². The number of allylic oxidation sites excluding steroid dienone is 2. The Morgan fingerprint density at radius 1 is 1.41 bits per heavy atom. The van der Waals surface area contributed by atoms with Crippen LogP contribution in [0.25, 0.3) is 0 Å². The summed E-state index contributed by atoms with van der Waals surface area (Å²) in [6.07, 6.45) is 2.24. The summed E-state index contributed by atoms with van der Waals surface area (Å²) in [5.41, 5.74) is 1.04. The van der Waals surface area contributed by atoms with Crippen molar-refractivity contribution in [3.05, 3.63) is 45.7 Å². The SMILES string of the molecule is CC(=O)/C(F)=C/C1CC1c1ccc(Cl)c(Cl)c1. The van der Waals surface area contributed by atoms with Crippen LogP contribution in [0.2, 0.25) is 10.0 Å². The Bertz CT molecular complexity index is 496. The number of carbonyl (C=O) groups excluding carboxylic acids is 1. The Labute approximate surface area is 109 Å². The van der Waals surface area contributed by atoms with E-state index in [0.717, 1.165) is 12.0 Å². The van der Waals surface area contributed by atoms with Gasteiger partial charge in [-0.3, -0.25) is 4.79 Å². The van der Waals surface area contributed by atoms with Crippen molar-refractivity contribution in [3.63, 3.8) is 0 Å². The van der Waals surface area contributed by atoms with Gasteiger partial charge in [-0.1, -0.05) is 29.3 Å². The molecule has 1 saturated carbocycles. The van der Waals surface area contributed by atoms with Crippen molar-refractivity contribution in [2.45, 2.75) is 19.3 Å². The summed E-state index contributed by atoms with van der Waals surface area (Å²) in [6.45, 7) is 1.22. The lowest BCUT2D eigenvalue weighted by Gasteiger charge is -2.01. The van der Waals surface area contributed by atoms with E-state index in [2.05, 4.69) is 0 Å². The molecule has 0 amide bonds. The minimum Gasteiger partial charge on any atom is -0.292 e. The van der Waals surface area contributed by atoms with Crippen molar-refractivity contribution < 1.29 is 9.18 Å². The molecule has 0 N–H and O–H groups in total. The normalized spacial score (nSPS) is 23.6. The standard InChI is InChI=1S/C13H11Cl2FO/c1-7(17)13(16)6-9-4-10(9)8-2-3-11(14)12(15)5-8/h2-3,5-6,9-10H,4H2,1H3/b13-6-. The molecule has 4 heteroatoms. The van der Waals surface area contributed by atoms with E-state index >= 15 is 0 Å². The van der Waals surface area contributed by atoms with E-state index in [1.807, 2.05) is 6.07 Å². The molecular weight excluding hydrogens is 262 g/mol. The van der Waals surface area contributed by atoms with Gasteiger partial charge in [-0.2, -0.15) is 0 Å². The highest BCUT2D eigenvalue weighted by Gasteiger charge is 2.37. The van der Waals surface area contributed by atoms with Crippen LogP contribution in [0.4, 0.5) is 4.39 Å². The monoisotopic (exact) mass is 272 g/mol. The highest BCUT2D eigenvalue weighted by Crippen LogP contribution is 2.49. The van der Waals surface area contributed by atoms with Crippen LogP contribution in [0.1, 0.15) is 24.8 Å². The van der Waals surface area contributed by atoms with Crippen LogP contribution >= 0.6 is 23.2 Å². The summed E-state index contributed by atoms with van der Waals surface area (Å²) in [7, 11) is 0. The number of halogens is 3. The summed E-state index contributed by atoms with van der Waals surface area (Å²) in [6, 6.07) is 5.42. The molecule has 1 aromatic carbocycles. The van der Waals surface area contributed by atoms with E-state index < -0.39 is 11.6 Å². The first-order valence-electron chi connectivity index (χ1n) is 5.32. The van der Waals surface area contributed by atoms with Crippen molar-refractivity contribution in [1.29, 1.82) is 0 Å². The molecule has 1 aliphatic rings. The van der Waals surface area contributed by atoms with Crippen molar-refractivity contribution in [2.75, 3.05) is 0 Å².